The molecule has 2 aromatic rings. The second-order valence-electron chi connectivity index (χ2n) is 7.25. The first-order valence-electron chi connectivity index (χ1n) is 9.81. The summed E-state index contributed by atoms with van der Waals surface area (Å²) < 4.78 is 5.15. The van der Waals surface area contributed by atoms with Crippen molar-refractivity contribution in [2.24, 2.45) is 0 Å². The number of methoxy groups -OCH3 is 1. The smallest absolute Gasteiger partial charge is 0.253 e. The molecule has 5 nitrogen and oxygen atoms in total. The van der Waals surface area contributed by atoms with Crippen LogP contribution >= 0.6 is 11.6 Å². The zero-order chi connectivity index (χ0) is 19.9. The number of nitrogens with zero attached hydrogens (tertiary/aromatic N) is 1. The van der Waals surface area contributed by atoms with Crippen LogP contribution in [0.2, 0.25) is 5.02 Å². The molecule has 2 N–H and O–H groups in total. The highest BCUT2D eigenvalue weighted by atomic mass is 35.5. The second-order valence-corrected chi connectivity index (χ2v) is 7.69. The number of benzene rings is 1. The Bertz CT molecular complexity index is 795. The van der Waals surface area contributed by atoms with E-state index >= 15 is 0 Å². The number of amides is 1. The third-order valence-corrected chi connectivity index (χ3v) is 5.45. The number of nitrogens with one attached hydrogen (secondary N) is 1. The molecule has 0 bridgehead atoms. The van der Waals surface area contributed by atoms with Gasteiger partial charge in [-0.2, -0.15) is 0 Å². The van der Waals surface area contributed by atoms with Crippen molar-refractivity contribution in [2.75, 3.05) is 13.7 Å². The van der Waals surface area contributed by atoms with Crippen molar-refractivity contribution in [3.05, 3.63) is 52.8 Å². The molecule has 1 aliphatic rings. The van der Waals surface area contributed by atoms with Gasteiger partial charge in [-0.15, -0.1) is 0 Å². The molecule has 0 radical (unpaired) electrons. The number of pyridine rings is 1. The lowest BCUT2D eigenvalue weighted by atomic mass is 9.92. The minimum atomic E-state index is -0.477. The first kappa shape index (κ1) is 20.8. The van der Waals surface area contributed by atoms with Crippen molar-refractivity contribution in [3.63, 3.8) is 0 Å². The molecule has 1 heterocycles. The van der Waals surface area contributed by atoms with Crippen molar-refractivity contribution in [1.29, 1.82) is 0 Å². The summed E-state index contributed by atoms with van der Waals surface area (Å²) in [7, 11) is 1.68. The Hall–Kier alpha value is -1.95. The number of hydrogen-bond acceptors (Lipinski definition) is 4. The lowest BCUT2D eigenvalue weighted by molar-refractivity contribution is 0.0717. The standard InChI is InChI=1S/C22H27ClN2O3/c1-28-12-4-6-19-18(15-8-10-17(23)11-9-15)13-16(14-24-19)22(27)25-20-5-2-3-7-21(20)26/h8-11,13-14,20-21,26H,2-7,12H2,1H3,(H,25,27)/t20-,21-/m1/s1. The number of ether oxygens (including phenoxy) is 1. The number of aromatic nitrogens is 1. The van der Waals surface area contributed by atoms with Gasteiger partial charge in [-0.25, -0.2) is 0 Å². The minimum Gasteiger partial charge on any atom is -0.391 e. The number of carbonyl (C=O) groups is 1. The fraction of sp³-hybridized carbons (Fsp3) is 0.455. The Morgan fingerprint density at radius 1 is 1.29 bits per heavy atom. The van der Waals surface area contributed by atoms with Crippen LogP contribution in [0.1, 0.15) is 48.2 Å². The van der Waals surface area contributed by atoms with E-state index in [2.05, 4.69) is 10.3 Å². The predicted molar refractivity (Wildman–Crippen MR) is 111 cm³/mol. The van der Waals surface area contributed by atoms with E-state index in [9.17, 15) is 9.90 Å². The molecule has 2 atom stereocenters. The van der Waals surface area contributed by atoms with Gasteiger partial charge >= 0.3 is 0 Å². The van der Waals surface area contributed by atoms with Gasteiger partial charge in [-0.05, 0) is 49.4 Å². The molecule has 1 aliphatic carbocycles. The number of carbonyl (C=O) groups excluding carboxylic acids is 1. The highest BCUT2D eigenvalue weighted by molar-refractivity contribution is 6.30. The lowest BCUT2D eigenvalue weighted by Crippen LogP contribution is -2.45. The Kier molecular flexibility index (Phi) is 7.43. The first-order valence-corrected chi connectivity index (χ1v) is 10.2. The molecule has 6 heteroatoms. The van der Waals surface area contributed by atoms with E-state index in [-0.39, 0.29) is 11.9 Å². The van der Waals surface area contributed by atoms with E-state index < -0.39 is 6.10 Å². The van der Waals surface area contributed by atoms with Crippen LogP contribution in [0.4, 0.5) is 0 Å². The van der Waals surface area contributed by atoms with Crippen LogP contribution in [0.15, 0.2) is 36.5 Å². The summed E-state index contributed by atoms with van der Waals surface area (Å²) in [6.45, 7) is 0.656. The van der Waals surface area contributed by atoms with Crippen LogP contribution in [-0.4, -0.2) is 41.9 Å². The van der Waals surface area contributed by atoms with Gasteiger partial charge in [0.1, 0.15) is 0 Å². The summed E-state index contributed by atoms with van der Waals surface area (Å²) in [6, 6.07) is 9.23. The number of aliphatic hydroxyl groups is 1. The highest BCUT2D eigenvalue weighted by Gasteiger charge is 2.25. The van der Waals surface area contributed by atoms with E-state index in [0.29, 0.717) is 17.2 Å². The summed E-state index contributed by atoms with van der Waals surface area (Å²) in [6.07, 6.45) is 6.32. The van der Waals surface area contributed by atoms with E-state index in [1.54, 1.807) is 13.3 Å². The Morgan fingerprint density at radius 2 is 2.04 bits per heavy atom. The molecule has 150 valence electrons. The van der Waals surface area contributed by atoms with Gasteiger partial charge in [-0.1, -0.05) is 36.6 Å². The number of rotatable bonds is 7. The average molecular weight is 403 g/mol. The highest BCUT2D eigenvalue weighted by Crippen LogP contribution is 2.26. The minimum absolute atomic E-state index is 0.193. The number of aliphatic hydroxyl groups excluding tert-OH is 1. The van der Waals surface area contributed by atoms with Crippen molar-refractivity contribution in [3.8, 4) is 11.1 Å². The summed E-state index contributed by atoms with van der Waals surface area (Å²) in [5.74, 6) is -0.197. The molecule has 0 saturated heterocycles. The first-order chi connectivity index (χ1) is 13.6. The maximum atomic E-state index is 12.8. The lowest BCUT2D eigenvalue weighted by Gasteiger charge is -2.28. The molecule has 0 unspecified atom stereocenters. The fourth-order valence-electron chi connectivity index (χ4n) is 3.61. The monoisotopic (exact) mass is 402 g/mol. The summed E-state index contributed by atoms with van der Waals surface area (Å²) >= 11 is 6.03. The van der Waals surface area contributed by atoms with Gasteiger partial charge < -0.3 is 15.2 Å². The van der Waals surface area contributed by atoms with Crippen LogP contribution in [0, 0.1) is 0 Å². The predicted octanol–water partition coefficient (Wildman–Crippen LogP) is 4.01. The number of halogens is 1. The van der Waals surface area contributed by atoms with Crippen LogP contribution in [0.3, 0.4) is 0 Å². The maximum absolute atomic E-state index is 12.8. The molecule has 1 saturated carbocycles. The second kappa shape index (κ2) is 10.0. The summed E-state index contributed by atoms with van der Waals surface area (Å²) in [5, 5.41) is 13.8. The topological polar surface area (TPSA) is 71.5 Å². The van der Waals surface area contributed by atoms with Crippen LogP contribution in [-0.2, 0) is 11.2 Å². The van der Waals surface area contributed by atoms with Gasteiger partial charge in [0, 0.05) is 36.2 Å². The molecule has 0 spiro atoms. The number of aryl methyl sites for hydroxylation is 1. The quantitative estimate of drug-likeness (QED) is 0.686. The molecule has 28 heavy (non-hydrogen) atoms. The summed E-state index contributed by atoms with van der Waals surface area (Å²) in [5.41, 5.74) is 3.31. The largest absolute Gasteiger partial charge is 0.391 e. The number of hydrogen-bond donors (Lipinski definition) is 2. The third-order valence-electron chi connectivity index (χ3n) is 5.20. The van der Waals surface area contributed by atoms with Gasteiger partial charge in [0.15, 0.2) is 0 Å². The Labute approximate surface area is 171 Å². The van der Waals surface area contributed by atoms with E-state index in [4.69, 9.17) is 16.3 Å². The summed E-state index contributed by atoms with van der Waals surface area (Å²) in [4.78, 5) is 17.3. The van der Waals surface area contributed by atoms with Crippen LogP contribution < -0.4 is 5.32 Å². The van der Waals surface area contributed by atoms with E-state index in [1.807, 2.05) is 30.3 Å². The van der Waals surface area contributed by atoms with Crippen LogP contribution in [0.5, 0.6) is 0 Å². The zero-order valence-corrected chi connectivity index (χ0v) is 16.9. The van der Waals surface area contributed by atoms with Gasteiger partial charge in [0.2, 0.25) is 0 Å². The van der Waals surface area contributed by atoms with Gasteiger partial charge in [0.05, 0.1) is 17.7 Å². The molecule has 1 aromatic heterocycles. The SMILES string of the molecule is COCCCc1ncc(C(=O)N[C@@H]2CCCC[C@H]2O)cc1-c1ccc(Cl)cc1. The zero-order valence-electron chi connectivity index (χ0n) is 16.2. The molecule has 1 fully saturated rings. The maximum Gasteiger partial charge on any atom is 0.253 e. The van der Waals surface area contributed by atoms with Crippen molar-refractivity contribution in [1.82, 2.24) is 10.3 Å². The van der Waals surface area contributed by atoms with Crippen molar-refractivity contribution < 1.29 is 14.6 Å². The third kappa shape index (κ3) is 5.31. The Balaban J connectivity index is 1.84. The average Bonchev–Trinajstić information content (AvgIpc) is 2.71. The van der Waals surface area contributed by atoms with Crippen molar-refractivity contribution >= 4 is 17.5 Å². The van der Waals surface area contributed by atoms with E-state index in [1.165, 1.54) is 0 Å². The fourth-order valence-corrected chi connectivity index (χ4v) is 3.74. The molecule has 3 rings (SSSR count). The van der Waals surface area contributed by atoms with Crippen molar-refractivity contribution in [2.45, 2.75) is 50.7 Å². The van der Waals surface area contributed by atoms with Gasteiger partial charge in [-0.3, -0.25) is 9.78 Å². The molecule has 1 aromatic carbocycles. The normalized spacial score (nSPS) is 19.4. The molecular weight excluding hydrogens is 376 g/mol. The molecular formula is C22H27ClN2O3. The van der Waals surface area contributed by atoms with Crippen LogP contribution in [0.25, 0.3) is 11.1 Å². The van der Waals surface area contributed by atoms with E-state index in [0.717, 1.165) is 55.3 Å². The van der Waals surface area contributed by atoms with Gasteiger partial charge in [0.25, 0.3) is 5.91 Å². The molecule has 1 amide bonds. The molecule has 0 aliphatic heterocycles. The Morgan fingerprint density at radius 3 is 2.75 bits per heavy atom.